The van der Waals surface area contributed by atoms with Crippen LogP contribution in [0.5, 0.6) is 0 Å². The first-order chi connectivity index (χ1) is 15.1. The number of hydrogen-bond donors (Lipinski definition) is 1. The molecule has 31 heavy (non-hydrogen) atoms. The van der Waals surface area contributed by atoms with Crippen molar-refractivity contribution in [2.45, 2.75) is 31.8 Å². The Balaban J connectivity index is 1.52. The van der Waals surface area contributed by atoms with Gasteiger partial charge in [-0.2, -0.15) is 0 Å². The molecule has 1 aliphatic heterocycles. The van der Waals surface area contributed by atoms with E-state index in [4.69, 9.17) is 14.5 Å². The van der Waals surface area contributed by atoms with Crippen LogP contribution in [0.4, 0.5) is 0 Å². The highest BCUT2D eigenvalue weighted by atomic mass is 16.5. The number of ether oxygens (including phenoxy) is 2. The van der Waals surface area contributed by atoms with Gasteiger partial charge >= 0.3 is 5.97 Å². The minimum Gasteiger partial charge on any atom is -0.465 e. The van der Waals surface area contributed by atoms with E-state index in [9.17, 15) is 9.59 Å². The second-order valence-corrected chi connectivity index (χ2v) is 7.89. The molecule has 3 heterocycles. The number of methoxy groups -OCH3 is 2. The monoisotopic (exact) mass is 424 g/mol. The lowest BCUT2D eigenvalue weighted by molar-refractivity contribution is 0.0601. The molecular weight excluding hydrogens is 396 g/mol. The number of rotatable bonds is 7. The highest BCUT2D eigenvalue weighted by molar-refractivity contribution is 5.93. The number of benzene rings is 1. The van der Waals surface area contributed by atoms with Crippen molar-refractivity contribution in [3.8, 4) is 0 Å². The summed E-state index contributed by atoms with van der Waals surface area (Å²) < 4.78 is 12.3. The van der Waals surface area contributed by atoms with E-state index in [1.807, 2.05) is 24.3 Å². The van der Waals surface area contributed by atoms with Crippen LogP contribution in [0.3, 0.4) is 0 Å². The molecule has 2 aromatic heterocycles. The van der Waals surface area contributed by atoms with E-state index in [0.717, 1.165) is 55.0 Å². The number of imidazole rings is 1. The van der Waals surface area contributed by atoms with Gasteiger partial charge in [0, 0.05) is 31.3 Å². The maximum Gasteiger partial charge on any atom is 0.337 e. The lowest BCUT2D eigenvalue weighted by atomic mass is 9.93. The fourth-order valence-electron chi connectivity index (χ4n) is 4.28. The van der Waals surface area contributed by atoms with Crippen LogP contribution < -0.4 is 5.56 Å². The van der Waals surface area contributed by atoms with Crippen molar-refractivity contribution in [2.75, 3.05) is 33.9 Å². The summed E-state index contributed by atoms with van der Waals surface area (Å²) in [5, 5.41) is 0. The number of carbonyl (C=O) groups is 1. The van der Waals surface area contributed by atoms with Gasteiger partial charge in [-0.1, -0.05) is 6.07 Å². The van der Waals surface area contributed by atoms with Crippen molar-refractivity contribution < 1.29 is 14.3 Å². The topological polar surface area (TPSA) is 89.5 Å². The third-order valence-electron chi connectivity index (χ3n) is 5.95. The number of piperidine rings is 1. The summed E-state index contributed by atoms with van der Waals surface area (Å²) in [6.45, 7) is 3.81. The summed E-state index contributed by atoms with van der Waals surface area (Å²) in [6.07, 6.45) is 1.98. The molecule has 0 atom stereocenters. The highest BCUT2D eigenvalue weighted by Gasteiger charge is 2.23. The Morgan fingerprint density at radius 3 is 2.71 bits per heavy atom. The Labute approximate surface area is 180 Å². The van der Waals surface area contributed by atoms with Gasteiger partial charge in [0.2, 0.25) is 5.56 Å². The van der Waals surface area contributed by atoms with E-state index in [1.165, 1.54) is 7.11 Å². The number of nitrogens with one attached hydrogen (secondary N) is 1. The predicted molar refractivity (Wildman–Crippen MR) is 117 cm³/mol. The number of aromatic nitrogens is 3. The van der Waals surface area contributed by atoms with E-state index in [-0.39, 0.29) is 11.5 Å². The number of aromatic amines is 1. The minimum absolute atomic E-state index is 0.0434. The molecule has 0 saturated carbocycles. The van der Waals surface area contributed by atoms with Crippen LogP contribution in [-0.4, -0.2) is 59.3 Å². The fraction of sp³-hybridized carbons (Fsp3) is 0.435. The molecule has 0 unspecified atom stereocenters. The lowest BCUT2D eigenvalue weighted by Crippen LogP contribution is -2.34. The predicted octanol–water partition coefficient (Wildman–Crippen LogP) is 2.54. The van der Waals surface area contributed by atoms with Gasteiger partial charge in [-0.3, -0.25) is 9.69 Å². The second kappa shape index (κ2) is 9.45. The smallest absolute Gasteiger partial charge is 0.337 e. The third-order valence-corrected chi connectivity index (χ3v) is 5.95. The third kappa shape index (κ3) is 4.70. The Bertz CT molecular complexity index is 1110. The van der Waals surface area contributed by atoms with Gasteiger partial charge in [0.25, 0.3) is 0 Å². The summed E-state index contributed by atoms with van der Waals surface area (Å²) in [6, 6.07) is 10.8. The van der Waals surface area contributed by atoms with Crippen LogP contribution in [0.1, 0.15) is 40.6 Å². The first-order valence-electron chi connectivity index (χ1n) is 10.6. The van der Waals surface area contributed by atoms with Crippen LogP contribution in [0.25, 0.3) is 11.0 Å². The van der Waals surface area contributed by atoms with Crippen LogP contribution in [0.15, 0.2) is 41.2 Å². The van der Waals surface area contributed by atoms with E-state index in [2.05, 4.69) is 14.5 Å². The molecule has 164 valence electrons. The molecule has 1 fully saturated rings. The molecule has 4 rings (SSSR count). The summed E-state index contributed by atoms with van der Waals surface area (Å²) >= 11 is 0. The second-order valence-electron chi connectivity index (χ2n) is 7.89. The number of carbonyl (C=O) groups excluding carboxylic acids is 1. The number of pyridine rings is 1. The number of H-pyrrole nitrogens is 1. The van der Waals surface area contributed by atoms with Crippen LogP contribution in [-0.2, 0) is 22.6 Å². The zero-order valence-electron chi connectivity index (χ0n) is 18.0. The fourth-order valence-corrected chi connectivity index (χ4v) is 4.28. The normalized spacial score (nSPS) is 15.4. The standard InChI is InChI=1S/C23H28N4O4/c1-30-13-12-27-20-14-17(23(29)31-2)6-7-19(20)24-21(27)15-26-10-8-16(9-11-26)18-4-3-5-22(28)25-18/h3-7,14,16H,8-13,15H2,1-2H3,(H,25,28). The summed E-state index contributed by atoms with van der Waals surface area (Å²) in [5.41, 5.74) is 3.26. The van der Waals surface area contributed by atoms with Gasteiger partial charge in [-0.25, -0.2) is 9.78 Å². The number of fused-ring (bicyclic) bond motifs is 1. The molecular formula is C23H28N4O4. The van der Waals surface area contributed by atoms with Crippen molar-refractivity contribution in [3.63, 3.8) is 0 Å². The number of hydrogen-bond acceptors (Lipinski definition) is 6. The zero-order chi connectivity index (χ0) is 21.8. The molecule has 1 N–H and O–H groups in total. The van der Waals surface area contributed by atoms with Crippen molar-refractivity contribution in [1.82, 2.24) is 19.4 Å². The Morgan fingerprint density at radius 1 is 1.19 bits per heavy atom. The number of esters is 1. The first-order valence-corrected chi connectivity index (χ1v) is 10.6. The quantitative estimate of drug-likeness (QED) is 0.587. The Hall–Kier alpha value is -2.97. The Morgan fingerprint density at radius 2 is 2.00 bits per heavy atom. The minimum atomic E-state index is -0.357. The average molecular weight is 425 g/mol. The van der Waals surface area contributed by atoms with Crippen molar-refractivity contribution in [2.24, 2.45) is 0 Å². The molecule has 0 aliphatic carbocycles. The van der Waals surface area contributed by atoms with Crippen LogP contribution in [0, 0.1) is 0 Å². The summed E-state index contributed by atoms with van der Waals surface area (Å²) in [7, 11) is 3.06. The van der Waals surface area contributed by atoms with Gasteiger partial charge in [0.15, 0.2) is 0 Å². The number of likely N-dealkylation sites (tertiary alicyclic amines) is 1. The van der Waals surface area contributed by atoms with Gasteiger partial charge in [0.1, 0.15) is 5.82 Å². The largest absolute Gasteiger partial charge is 0.465 e. The van der Waals surface area contributed by atoms with E-state index >= 15 is 0 Å². The van der Waals surface area contributed by atoms with E-state index < -0.39 is 0 Å². The molecule has 0 radical (unpaired) electrons. The highest BCUT2D eigenvalue weighted by Crippen LogP contribution is 2.27. The molecule has 3 aromatic rings. The lowest BCUT2D eigenvalue weighted by Gasteiger charge is -2.31. The molecule has 8 nitrogen and oxygen atoms in total. The van der Waals surface area contributed by atoms with Gasteiger partial charge in [-0.05, 0) is 50.2 Å². The van der Waals surface area contributed by atoms with Crippen LogP contribution >= 0.6 is 0 Å². The SMILES string of the molecule is COCCn1c(CN2CCC(c3cccc(=O)[nH]3)CC2)nc2ccc(C(=O)OC)cc21. The van der Waals surface area contributed by atoms with Gasteiger partial charge in [-0.15, -0.1) is 0 Å². The molecule has 0 spiro atoms. The maximum absolute atomic E-state index is 12.0. The summed E-state index contributed by atoms with van der Waals surface area (Å²) in [4.78, 5) is 33.8. The molecule has 1 aromatic carbocycles. The maximum atomic E-state index is 12.0. The van der Waals surface area contributed by atoms with Crippen LogP contribution in [0.2, 0.25) is 0 Å². The van der Waals surface area contributed by atoms with E-state index in [0.29, 0.717) is 24.6 Å². The van der Waals surface area contributed by atoms with Crippen molar-refractivity contribution in [1.29, 1.82) is 0 Å². The molecule has 1 aliphatic rings. The molecule has 0 amide bonds. The first kappa shape index (κ1) is 21.3. The molecule has 8 heteroatoms. The molecule has 0 bridgehead atoms. The van der Waals surface area contributed by atoms with Crippen molar-refractivity contribution >= 4 is 17.0 Å². The zero-order valence-corrected chi connectivity index (χ0v) is 18.0. The Kier molecular flexibility index (Phi) is 6.48. The average Bonchev–Trinajstić information content (AvgIpc) is 3.13. The number of nitrogens with zero attached hydrogens (tertiary/aromatic N) is 3. The van der Waals surface area contributed by atoms with E-state index in [1.54, 1.807) is 19.2 Å². The van der Waals surface area contributed by atoms with Gasteiger partial charge < -0.3 is 19.0 Å². The van der Waals surface area contributed by atoms with Gasteiger partial charge in [0.05, 0.1) is 36.9 Å². The van der Waals surface area contributed by atoms with Crippen molar-refractivity contribution in [3.05, 3.63) is 63.8 Å². The summed E-state index contributed by atoms with van der Waals surface area (Å²) in [5.74, 6) is 0.977. The molecule has 1 saturated heterocycles.